The molecule has 0 atom stereocenters. The van der Waals surface area contributed by atoms with Crippen LogP contribution in [-0.2, 0) is 10.0 Å². The number of nitrogens with zero attached hydrogens (tertiary/aromatic N) is 2. The summed E-state index contributed by atoms with van der Waals surface area (Å²) in [5, 5.41) is 11.2. The summed E-state index contributed by atoms with van der Waals surface area (Å²) >= 11 is 0. The number of sulfonamides is 1. The van der Waals surface area contributed by atoms with Crippen LogP contribution in [-0.4, -0.2) is 29.7 Å². The second kappa shape index (κ2) is 5.24. The molecule has 9 heteroatoms. The van der Waals surface area contributed by atoms with Gasteiger partial charge in [0.15, 0.2) is 4.90 Å². The van der Waals surface area contributed by atoms with Crippen molar-refractivity contribution in [2.75, 3.05) is 12.0 Å². The van der Waals surface area contributed by atoms with Crippen LogP contribution in [0.2, 0.25) is 0 Å². The molecule has 1 aromatic carbocycles. The zero-order chi connectivity index (χ0) is 15.8. The van der Waals surface area contributed by atoms with Gasteiger partial charge in [-0.15, -0.1) is 0 Å². The van der Waals surface area contributed by atoms with Gasteiger partial charge in [-0.2, -0.15) is 4.31 Å². The van der Waals surface area contributed by atoms with E-state index in [-0.39, 0.29) is 10.6 Å². The van der Waals surface area contributed by atoms with Crippen LogP contribution in [0.4, 0.5) is 11.4 Å². The molecule has 0 radical (unpaired) electrons. The predicted octanol–water partition coefficient (Wildman–Crippen LogP) is 1.44. The van der Waals surface area contributed by atoms with Crippen LogP contribution in [0.5, 0.6) is 0 Å². The smallest absolute Gasteiger partial charge is 0.291 e. The maximum Gasteiger partial charge on any atom is 0.291 e. The van der Waals surface area contributed by atoms with E-state index in [0.29, 0.717) is 6.54 Å². The standard InChI is InChI=1S/C12H18N4O4S/c1-12(2)6-3-7-15(12)21(19,20)11-5-4-9(14-13)8-10(11)16(17)18/h4-5,8,14H,3,6-7,13H2,1-2H3. The third-order valence-corrected chi connectivity index (χ3v) is 5.87. The molecule has 116 valence electrons. The van der Waals surface area contributed by atoms with Crippen LogP contribution in [0.3, 0.4) is 0 Å². The van der Waals surface area contributed by atoms with E-state index in [1.807, 2.05) is 13.8 Å². The minimum absolute atomic E-state index is 0.279. The Morgan fingerprint density at radius 2 is 2.10 bits per heavy atom. The van der Waals surface area contributed by atoms with Gasteiger partial charge in [-0.3, -0.25) is 16.0 Å². The Hall–Kier alpha value is -1.71. The molecule has 1 aliphatic heterocycles. The number of hydrogen-bond acceptors (Lipinski definition) is 6. The van der Waals surface area contributed by atoms with Crippen LogP contribution in [0.1, 0.15) is 26.7 Å². The van der Waals surface area contributed by atoms with E-state index in [9.17, 15) is 18.5 Å². The van der Waals surface area contributed by atoms with E-state index < -0.39 is 26.2 Å². The quantitative estimate of drug-likeness (QED) is 0.493. The number of nitrogens with one attached hydrogen (secondary N) is 1. The zero-order valence-corrected chi connectivity index (χ0v) is 12.7. The molecule has 0 saturated carbocycles. The number of anilines is 1. The molecule has 1 aromatic rings. The Bertz CT molecular complexity index is 672. The molecule has 0 spiro atoms. The summed E-state index contributed by atoms with van der Waals surface area (Å²) in [5.74, 6) is 5.21. The van der Waals surface area contributed by atoms with Gasteiger partial charge in [-0.1, -0.05) is 0 Å². The van der Waals surface area contributed by atoms with Crippen molar-refractivity contribution in [1.82, 2.24) is 4.31 Å². The number of nitrogen functional groups attached to an aromatic ring is 1. The fraction of sp³-hybridized carbons (Fsp3) is 0.500. The summed E-state index contributed by atoms with van der Waals surface area (Å²) in [4.78, 5) is 10.2. The Morgan fingerprint density at radius 1 is 1.43 bits per heavy atom. The minimum Gasteiger partial charge on any atom is -0.324 e. The number of benzene rings is 1. The molecule has 0 bridgehead atoms. The highest BCUT2D eigenvalue weighted by Crippen LogP contribution is 2.37. The monoisotopic (exact) mass is 314 g/mol. The molecule has 8 nitrogen and oxygen atoms in total. The molecule has 0 amide bonds. The number of hydrazine groups is 1. The van der Waals surface area contributed by atoms with Gasteiger partial charge >= 0.3 is 0 Å². The Labute approximate surface area is 123 Å². The maximum atomic E-state index is 12.7. The van der Waals surface area contributed by atoms with Crippen molar-refractivity contribution in [3.63, 3.8) is 0 Å². The van der Waals surface area contributed by atoms with Crippen LogP contribution in [0.25, 0.3) is 0 Å². The fourth-order valence-corrected chi connectivity index (χ4v) is 4.60. The van der Waals surface area contributed by atoms with Crippen LogP contribution in [0.15, 0.2) is 23.1 Å². The molecule has 1 aliphatic rings. The first kappa shape index (κ1) is 15.7. The summed E-state index contributed by atoms with van der Waals surface area (Å²) < 4.78 is 26.8. The summed E-state index contributed by atoms with van der Waals surface area (Å²) in [6.45, 7) is 4.00. The van der Waals surface area contributed by atoms with Crippen molar-refractivity contribution >= 4 is 21.4 Å². The number of nitrogens with two attached hydrogens (primary N) is 1. The van der Waals surface area contributed by atoms with Gasteiger partial charge in [0.1, 0.15) is 0 Å². The van der Waals surface area contributed by atoms with Crippen molar-refractivity contribution < 1.29 is 13.3 Å². The lowest BCUT2D eigenvalue weighted by Crippen LogP contribution is -2.42. The van der Waals surface area contributed by atoms with Crippen LogP contribution >= 0.6 is 0 Å². The number of hydrogen-bond donors (Lipinski definition) is 2. The first-order chi connectivity index (χ1) is 9.70. The average Bonchev–Trinajstić information content (AvgIpc) is 2.78. The third kappa shape index (κ3) is 2.71. The summed E-state index contributed by atoms with van der Waals surface area (Å²) in [6.07, 6.45) is 1.46. The van der Waals surface area contributed by atoms with Gasteiger partial charge in [0.25, 0.3) is 5.69 Å². The van der Waals surface area contributed by atoms with Gasteiger partial charge in [-0.05, 0) is 38.8 Å². The Balaban J connectivity index is 2.57. The lowest BCUT2D eigenvalue weighted by Gasteiger charge is -2.30. The first-order valence-electron chi connectivity index (χ1n) is 6.48. The molecule has 0 aliphatic carbocycles. The maximum absolute atomic E-state index is 12.7. The second-order valence-corrected chi connectivity index (χ2v) is 7.41. The number of nitro benzene ring substituents is 1. The molecule has 1 saturated heterocycles. The number of rotatable bonds is 4. The van der Waals surface area contributed by atoms with E-state index in [4.69, 9.17) is 5.84 Å². The van der Waals surface area contributed by atoms with E-state index >= 15 is 0 Å². The van der Waals surface area contributed by atoms with Crippen LogP contribution in [0, 0.1) is 10.1 Å². The van der Waals surface area contributed by atoms with Crippen molar-refractivity contribution in [3.05, 3.63) is 28.3 Å². The normalized spacial score (nSPS) is 18.6. The SMILES string of the molecule is CC1(C)CCCN1S(=O)(=O)c1ccc(NN)cc1[N+](=O)[O-]. The summed E-state index contributed by atoms with van der Waals surface area (Å²) in [6, 6.07) is 3.75. The molecule has 0 unspecified atom stereocenters. The van der Waals surface area contributed by atoms with Crippen molar-refractivity contribution in [2.45, 2.75) is 37.1 Å². The first-order valence-corrected chi connectivity index (χ1v) is 7.92. The Morgan fingerprint density at radius 3 is 2.57 bits per heavy atom. The molecule has 3 N–H and O–H groups in total. The average molecular weight is 314 g/mol. The van der Waals surface area contributed by atoms with E-state index in [1.54, 1.807) is 0 Å². The second-order valence-electron chi connectivity index (χ2n) is 5.58. The van der Waals surface area contributed by atoms with Gasteiger partial charge in [-0.25, -0.2) is 8.42 Å². The lowest BCUT2D eigenvalue weighted by atomic mass is 10.0. The highest BCUT2D eigenvalue weighted by atomic mass is 32.2. The van der Waals surface area contributed by atoms with Gasteiger partial charge < -0.3 is 5.43 Å². The van der Waals surface area contributed by atoms with E-state index in [0.717, 1.165) is 18.9 Å². The predicted molar refractivity (Wildman–Crippen MR) is 78.1 cm³/mol. The molecular weight excluding hydrogens is 296 g/mol. The summed E-state index contributed by atoms with van der Waals surface area (Å²) in [7, 11) is -3.92. The molecular formula is C12H18N4O4S. The lowest BCUT2D eigenvalue weighted by molar-refractivity contribution is -0.387. The minimum atomic E-state index is -3.92. The van der Waals surface area contributed by atoms with Crippen molar-refractivity contribution in [2.24, 2.45) is 5.84 Å². The highest BCUT2D eigenvalue weighted by Gasteiger charge is 2.43. The van der Waals surface area contributed by atoms with Crippen molar-refractivity contribution in [3.8, 4) is 0 Å². The molecule has 1 fully saturated rings. The van der Waals surface area contributed by atoms with E-state index in [1.165, 1.54) is 16.4 Å². The van der Waals surface area contributed by atoms with Crippen LogP contribution < -0.4 is 11.3 Å². The zero-order valence-electron chi connectivity index (χ0n) is 11.9. The molecule has 21 heavy (non-hydrogen) atoms. The molecule has 0 aromatic heterocycles. The van der Waals surface area contributed by atoms with Gasteiger partial charge in [0.05, 0.1) is 10.6 Å². The highest BCUT2D eigenvalue weighted by molar-refractivity contribution is 7.89. The Kier molecular flexibility index (Phi) is 3.91. The third-order valence-electron chi connectivity index (χ3n) is 3.72. The van der Waals surface area contributed by atoms with Crippen molar-refractivity contribution in [1.29, 1.82) is 0 Å². The largest absolute Gasteiger partial charge is 0.324 e. The van der Waals surface area contributed by atoms with Gasteiger partial charge in [0, 0.05) is 18.2 Å². The van der Waals surface area contributed by atoms with Gasteiger partial charge in [0.2, 0.25) is 10.0 Å². The van der Waals surface area contributed by atoms with E-state index in [2.05, 4.69) is 5.43 Å². The topological polar surface area (TPSA) is 119 Å². The summed E-state index contributed by atoms with van der Waals surface area (Å²) in [5.41, 5.74) is 1.53. The number of nitro groups is 1. The molecule has 2 rings (SSSR count). The molecule has 1 heterocycles. The fourth-order valence-electron chi connectivity index (χ4n) is 2.61.